The lowest BCUT2D eigenvalue weighted by atomic mass is 10.1. The van der Waals surface area contributed by atoms with Crippen LogP contribution in [-0.2, 0) is 10.0 Å². The minimum Gasteiger partial charge on any atom is -0.207 e. The fourth-order valence-electron chi connectivity index (χ4n) is 2.06. The Morgan fingerprint density at radius 2 is 1.83 bits per heavy atom. The standard InChI is InChI=1S/C13H13NO2S2/c15-18(16,14-7-8-17-10-14)13-6-5-11-3-1-2-4-12(11)9-13/h1-6,9H,7-8,10H2. The zero-order valence-electron chi connectivity index (χ0n) is 9.74. The average Bonchev–Trinajstić information content (AvgIpc) is 2.92. The summed E-state index contributed by atoms with van der Waals surface area (Å²) in [4.78, 5) is 0.392. The van der Waals surface area contributed by atoms with Crippen LogP contribution in [0.15, 0.2) is 47.4 Å². The number of sulfonamides is 1. The van der Waals surface area contributed by atoms with E-state index in [0.29, 0.717) is 17.3 Å². The normalized spacial score (nSPS) is 17.3. The van der Waals surface area contributed by atoms with Gasteiger partial charge in [0.15, 0.2) is 0 Å². The van der Waals surface area contributed by atoms with Gasteiger partial charge < -0.3 is 0 Å². The molecule has 3 nitrogen and oxygen atoms in total. The third-order valence-corrected chi connectivity index (χ3v) is 6.05. The number of hydrogen-bond donors (Lipinski definition) is 0. The SMILES string of the molecule is O=S(=O)(c1ccc2ccccc2c1)N1CCSC1. The molecule has 1 heterocycles. The monoisotopic (exact) mass is 279 g/mol. The van der Waals surface area contributed by atoms with Gasteiger partial charge in [0.05, 0.1) is 10.8 Å². The summed E-state index contributed by atoms with van der Waals surface area (Å²) in [6.07, 6.45) is 0. The number of benzene rings is 2. The molecule has 94 valence electrons. The van der Waals surface area contributed by atoms with Crippen molar-refractivity contribution >= 4 is 32.6 Å². The van der Waals surface area contributed by atoms with Crippen molar-refractivity contribution in [1.29, 1.82) is 0 Å². The first-order valence-electron chi connectivity index (χ1n) is 5.75. The minimum absolute atomic E-state index is 0.392. The number of thioether (sulfide) groups is 1. The van der Waals surface area contributed by atoms with Gasteiger partial charge in [-0.15, -0.1) is 11.8 Å². The maximum atomic E-state index is 12.4. The molecule has 0 atom stereocenters. The summed E-state index contributed by atoms with van der Waals surface area (Å²) in [6.45, 7) is 0.611. The molecule has 0 N–H and O–H groups in total. The summed E-state index contributed by atoms with van der Waals surface area (Å²) < 4.78 is 26.3. The number of nitrogens with zero attached hydrogens (tertiary/aromatic N) is 1. The van der Waals surface area contributed by atoms with Crippen LogP contribution in [0.2, 0.25) is 0 Å². The first-order chi connectivity index (χ1) is 8.68. The first-order valence-corrected chi connectivity index (χ1v) is 8.34. The first kappa shape index (κ1) is 12.0. The van der Waals surface area contributed by atoms with Gasteiger partial charge in [0, 0.05) is 12.3 Å². The van der Waals surface area contributed by atoms with Crippen LogP contribution in [0.5, 0.6) is 0 Å². The van der Waals surface area contributed by atoms with Gasteiger partial charge in [0.25, 0.3) is 0 Å². The Morgan fingerprint density at radius 3 is 2.56 bits per heavy atom. The van der Waals surface area contributed by atoms with E-state index in [-0.39, 0.29) is 0 Å². The summed E-state index contributed by atoms with van der Waals surface area (Å²) in [6, 6.07) is 13.1. The molecule has 0 spiro atoms. The van der Waals surface area contributed by atoms with Crippen LogP contribution in [0.4, 0.5) is 0 Å². The second-order valence-electron chi connectivity index (χ2n) is 4.23. The predicted octanol–water partition coefficient (Wildman–Crippen LogP) is 2.53. The Kier molecular flexibility index (Phi) is 3.05. The zero-order chi connectivity index (χ0) is 12.6. The molecule has 0 unspecified atom stereocenters. The van der Waals surface area contributed by atoms with Crippen molar-refractivity contribution in [3.8, 4) is 0 Å². The highest BCUT2D eigenvalue weighted by atomic mass is 32.2. The van der Waals surface area contributed by atoms with Gasteiger partial charge >= 0.3 is 0 Å². The number of rotatable bonds is 2. The van der Waals surface area contributed by atoms with E-state index in [9.17, 15) is 8.42 Å². The second kappa shape index (κ2) is 4.57. The predicted molar refractivity (Wildman–Crippen MR) is 75.2 cm³/mol. The summed E-state index contributed by atoms with van der Waals surface area (Å²) in [5, 5.41) is 2.03. The highest BCUT2D eigenvalue weighted by Gasteiger charge is 2.27. The summed E-state index contributed by atoms with van der Waals surface area (Å²) in [7, 11) is -3.32. The summed E-state index contributed by atoms with van der Waals surface area (Å²) in [5.74, 6) is 1.45. The van der Waals surface area contributed by atoms with Crippen molar-refractivity contribution < 1.29 is 8.42 Å². The molecule has 0 saturated carbocycles. The fourth-order valence-corrected chi connectivity index (χ4v) is 4.92. The molecule has 0 amide bonds. The van der Waals surface area contributed by atoms with Gasteiger partial charge in [-0.2, -0.15) is 4.31 Å². The van der Waals surface area contributed by atoms with Gasteiger partial charge in [-0.1, -0.05) is 30.3 Å². The Bertz CT molecular complexity index is 676. The Labute approximate surface area is 111 Å². The van der Waals surface area contributed by atoms with E-state index in [1.54, 1.807) is 28.2 Å². The highest BCUT2D eigenvalue weighted by Crippen LogP contribution is 2.25. The number of fused-ring (bicyclic) bond motifs is 1. The lowest BCUT2D eigenvalue weighted by Gasteiger charge is -2.15. The largest absolute Gasteiger partial charge is 0.243 e. The topological polar surface area (TPSA) is 37.4 Å². The van der Waals surface area contributed by atoms with E-state index in [0.717, 1.165) is 16.5 Å². The van der Waals surface area contributed by atoms with Crippen molar-refractivity contribution in [1.82, 2.24) is 4.31 Å². The molecule has 18 heavy (non-hydrogen) atoms. The molecule has 3 rings (SSSR count). The Morgan fingerprint density at radius 1 is 1.06 bits per heavy atom. The van der Waals surface area contributed by atoms with Gasteiger partial charge in [0.1, 0.15) is 0 Å². The lowest BCUT2D eigenvalue weighted by molar-refractivity contribution is 0.490. The molecule has 0 aliphatic carbocycles. The molecule has 1 aliphatic heterocycles. The third kappa shape index (κ3) is 2.02. The van der Waals surface area contributed by atoms with E-state index in [1.807, 2.05) is 30.3 Å². The van der Waals surface area contributed by atoms with Crippen LogP contribution in [0.25, 0.3) is 10.8 Å². The third-order valence-electron chi connectivity index (χ3n) is 3.08. The number of hydrogen-bond acceptors (Lipinski definition) is 3. The van der Waals surface area contributed by atoms with Crippen LogP contribution in [0.1, 0.15) is 0 Å². The maximum absolute atomic E-state index is 12.4. The van der Waals surface area contributed by atoms with Gasteiger partial charge in [-0.25, -0.2) is 8.42 Å². The van der Waals surface area contributed by atoms with E-state index in [2.05, 4.69) is 0 Å². The molecule has 0 radical (unpaired) electrons. The van der Waals surface area contributed by atoms with E-state index in [1.165, 1.54) is 0 Å². The highest BCUT2D eigenvalue weighted by molar-refractivity contribution is 8.00. The van der Waals surface area contributed by atoms with Crippen molar-refractivity contribution in [3.63, 3.8) is 0 Å². The van der Waals surface area contributed by atoms with Gasteiger partial charge in [-0.3, -0.25) is 0 Å². The average molecular weight is 279 g/mol. The molecule has 5 heteroatoms. The van der Waals surface area contributed by atoms with E-state index < -0.39 is 10.0 Å². The molecule has 1 saturated heterocycles. The molecular weight excluding hydrogens is 266 g/mol. The molecule has 1 aliphatic rings. The maximum Gasteiger partial charge on any atom is 0.243 e. The molecule has 1 fully saturated rings. The van der Waals surface area contributed by atoms with E-state index >= 15 is 0 Å². The minimum atomic E-state index is -3.32. The van der Waals surface area contributed by atoms with E-state index in [4.69, 9.17) is 0 Å². The second-order valence-corrected chi connectivity index (χ2v) is 7.24. The van der Waals surface area contributed by atoms with Crippen LogP contribution in [0.3, 0.4) is 0 Å². The molecular formula is C13H13NO2S2. The van der Waals surface area contributed by atoms with Crippen molar-refractivity contribution in [2.24, 2.45) is 0 Å². The molecule has 0 bridgehead atoms. The molecule has 2 aromatic carbocycles. The van der Waals surface area contributed by atoms with Crippen LogP contribution >= 0.6 is 11.8 Å². The Balaban J connectivity index is 2.08. The summed E-state index contributed by atoms with van der Waals surface area (Å²) in [5.41, 5.74) is 0. The van der Waals surface area contributed by atoms with Crippen molar-refractivity contribution in [2.45, 2.75) is 4.90 Å². The van der Waals surface area contributed by atoms with Crippen LogP contribution < -0.4 is 0 Å². The van der Waals surface area contributed by atoms with Gasteiger partial charge in [0.2, 0.25) is 10.0 Å². The zero-order valence-corrected chi connectivity index (χ0v) is 11.4. The molecule has 2 aromatic rings. The quantitative estimate of drug-likeness (QED) is 0.848. The smallest absolute Gasteiger partial charge is 0.207 e. The van der Waals surface area contributed by atoms with Crippen molar-refractivity contribution in [3.05, 3.63) is 42.5 Å². The van der Waals surface area contributed by atoms with Crippen molar-refractivity contribution in [2.75, 3.05) is 18.2 Å². The summed E-state index contributed by atoms with van der Waals surface area (Å²) >= 11 is 1.65. The van der Waals surface area contributed by atoms with Gasteiger partial charge in [-0.05, 0) is 22.9 Å². The lowest BCUT2D eigenvalue weighted by Crippen LogP contribution is -2.27. The molecule has 0 aromatic heterocycles. The Hall–Kier alpha value is -1.04. The fraction of sp³-hybridized carbons (Fsp3) is 0.231. The van der Waals surface area contributed by atoms with Crippen LogP contribution in [-0.4, -0.2) is 30.9 Å². The van der Waals surface area contributed by atoms with Crippen LogP contribution in [0, 0.1) is 0 Å².